The van der Waals surface area contributed by atoms with Crippen LogP contribution in [0.3, 0.4) is 0 Å². The summed E-state index contributed by atoms with van der Waals surface area (Å²) >= 11 is 0. The largest absolute Gasteiger partial charge is 0.494 e. The average molecular weight is 251 g/mol. The fourth-order valence-electron chi connectivity index (χ4n) is 1.47. The zero-order chi connectivity index (χ0) is 13.4. The smallest absolute Gasteiger partial charge is 0.251 e. The predicted molar refractivity (Wildman–Crippen MR) is 70.9 cm³/mol. The highest BCUT2D eigenvalue weighted by Crippen LogP contribution is 2.12. The van der Waals surface area contributed by atoms with Crippen molar-refractivity contribution < 1.29 is 14.6 Å². The Hall–Kier alpha value is -1.55. The van der Waals surface area contributed by atoms with Crippen molar-refractivity contribution in [1.82, 2.24) is 5.32 Å². The first-order chi connectivity index (χ1) is 8.71. The lowest BCUT2D eigenvalue weighted by atomic mass is 10.1. The maximum absolute atomic E-state index is 11.8. The van der Waals surface area contributed by atoms with E-state index >= 15 is 0 Å². The van der Waals surface area contributed by atoms with Crippen LogP contribution < -0.4 is 10.1 Å². The van der Waals surface area contributed by atoms with Crippen molar-refractivity contribution in [1.29, 1.82) is 0 Å². The summed E-state index contributed by atoms with van der Waals surface area (Å²) in [6.45, 7) is 4.60. The molecule has 4 heteroatoms. The van der Waals surface area contributed by atoms with Gasteiger partial charge in [-0.2, -0.15) is 0 Å². The van der Waals surface area contributed by atoms with Crippen LogP contribution in [0.2, 0.25) is 0 Å². The molecule has 0 spiro atoms. The van der Waals surface area contributed by atoms with Crippen molar-refractivity contribution in [2.45, 2.75) is 32.7 Å². The summed E-state index contributed by atoms with van der Waals surface area (Å²) < 4.78 is 5.44. The fraction of sp³-hybridized carbons (Fsp3) is 0.500. The summed E-state index contributed by atoms with van der Waals surface area (Å²) in [6.07, 6.45) is 1.66. The highest BCUT2D eigenvalue weighted by molar-refractivity contribution is 5.94. The molecule has 1 amide bonds. The molecule has 1 aromatic rings. The molecule has 100 valence electrons. The van der Waals surface area contributed by atoms with E-state index in [0.29, 0.717) is 18.6 Å². The maximum atomic E-state index is 11.8. The minimum atomic E-state index is -0.187. The van der Waals surface area contributed by atoms with Crippen LogP contribution >= 0.6 is 0 Å². The normalized spacial score (nSPS) is 11.9. The second kappa shape index (κ2) is 7.71. The van der Waals surface area contributed by atoms with E-state index in [1.807, 2.05) is 13.8 Å². The Morgan fingerprint density at radius 2 is 2.00 bits per heavy atom. The van der Waals surface area contributed by atoms with Crippen LogP contribution in [0, 0.1) is 0 Å². The van der Waals surface area contributed by atoms with Gasteiger partial charge < -0.3 is 15.2 Å². The van der Waals surface area contributed by atoms with Crippen molar-refractivity contribution in [2.24, 2.45) is 0 Å². The minimum absolute atomic E-state index is 0.0417. The topological polar surface area (TPSA) is 58.6 Å². The molecule has 0 aliphatic carbocycles. The van der Waals surface area contributed by atoms with Gasteiger partial charge in [0.25, 0.3) is 5.91 Å². The summed E-state index contributed by atoms with van der Waals surface area (Å²) in [5, 5.41) is 11.8. The van der Waals surface area contributed by atoms with E-state index in [4.69, 9.17) is 9.84 Å². The highest BCUT2D eigenvalue weighted by atomic mass is 16.5. The molecular weight excluding hydrogens is 230 g/mol. The quantitative estimate of drug-likeness (QED) is 0.779. The molecular formula is C14H21NO3. The van der Waals surface area contributed by atoms with Crippen LogP contribution in [0.25, 0.3) is 0 Å². The van der Waals surface area contributed by atoms with Gasteiger partial charge in [0.05, 0.1) is 19.3 Å². The summed E-state index contributed by atoms with van der Waals surface area (Å²) in [5.74, 6) is 0.598. The van der Waals surface area contributed by atoms with Gasteiger partial charge in [-0.25, -0.2) is 0 Å². The van der Waals surface area contributed by atoms with Gasteiger partial charge in [-0.05, 0) is 37.1 Å². The van der Waals surface area contributed by atoms with E-state index in [-0.39, 0.29) is 18.6 Å². The lowest BCUT2D eigenvalue weighted by molar-refractivity contribution is 0.0915. The molecule has 1 atom stereocenters. The Bertz CT molecular complexity index is 358. The first-order valence-electron chi connectivity index (χ1n) is 6.35. The van der Waals surface area contributed by atoms with Crippen molar-refractivity contribution in [3.63, 3.8) is 0 Å². The van der Waals surface area contributed by atoms with Crippen molar-refractivity contribution in [2.75, 3.05) is 13.2 Å². The zero-order valence-electron chi connectivity index (χ0n) is 11.0. The molecule has 0 aliphatic heterocycles. The fourth-order valence-corrected chi connectivity index (χ4v) is 1.47. The molecule has 18 heavy (non-hydrogen) atoms. The number of carbonyl (C=O) groups is 1. The zero-order valence-corrected chi connectivity index (χ0v) is 11.0. The second-order valence-electron chi connectivity index (χ2n) is 4.13. The Morgan fingerprint density at radius 3 is 2.50 bits per heavy atom. The van der Waals surface area contributed by atoms with Gasteiger partial charge in [-0.15, -0.1) is 0 Å². The van der Waals surface area contributed by atoms with Crippen LogP contribution in [0.1, 0.15) is 37.0 Å². The Morgan fingerprint density at radius 1 is 1.33 bits per heavy atom. The minimum Gasteiger partial charge on any atom is -0.494 e. The van der Waals surface area contributed by atoms with Crippen LogP contribution in [0.15, 0.2) is 24.3 Å². The molecule has 2 N–H and O–H groups in total. The molecule has 0 heterocycles. The van der Waals surface area contributed by atoms with Crippen LogP contribution in [-0.4, -0.2) is 30.3 Å². The Kier molecular flexibility index (Phi) is 6.22. The van der Waals surface area contributed by atoms with Gasteiger partial charge >= 0.3 is 0 Å². The number of aliphatic hydroxyl groups is 1. The van der Waals surface area contributed by atoms with Crippen molar-refractivity contribution in [3.8, 4) is 5.75 Å². The van der Waals surface area contributed by atoms with Gasteiger partial charge in [0, 0.05) is 5.56 Å². The van der Waals surface area contributed by atoms with Crippen molar-refractivity contribution >= 4 is 5.91 Å². The molecule has 0 bridgehead atoms. The number of ether oxygens (including phenoxy) is 1. The SMILES string of the molecule is CCCOc1ccc(C(=O)N[C@@H](CC)CO)cc1. The van der Waals surface area contributed by atoms with E-state index < -0.39 is 0 Å². The number of nitrogens with one attached hydrogen (secondary N) is 1. The highest BCUT2D eigenvalue weighted by Gasteiger charge is 2.10. The van der Waals surface area contributed by atoms with E-state index in [1.54, 1.807) is 24.3 Å². The summed E-state index contributed by atoms with van der Waals surface area (Å²) in [5.41, 5.74) is 0.575. The van der Waals surface area contributed by atoms with Crippen LogP contribution in [-0.2, 0) is 0 Å². The number of aliphatic hydroxyl groups excluding tert-OH is 1. The lowest BCUT2D eigenvalue weighted by Gasteiger charge is -2.14. The maximum Gasteiger partial charge on any atom is 0.251 e. The molecule has 0 aromatic heterocycles. The van der Waals surface area contributed by atoms with Gasteiger partial charge in [0.1, 0.15) is 5.75 Å². The standard InChI is InChI=1S/C14H21NO3/c1-3-9-18-13-7-5-11(6-8-13)14(17)15-12(4-2)10-16/h5-8,12,16H,3-4,9-10H2,1-2H3,(H,15,17)/t12-/m0/s1. The molecule has 0 fully saturated rings. The van der Waals surface area contributed by atoms with E-state index in [9.17, 15) is 4.79 Å². The molecule has 0 saturated heterocycles. The molecule has 0 unspecified atom stereocenters. The molecule has 1 aromatic carbocycles. The summed E-state index contributed by atoms with van der Waals surface area (Å²) in [6, 6.07) is 6.83. The third-order valence-corrected chi connectivity index (χ3v) is 2.64. The first kappa shape index (κ1) is 14.5. The summed E-state index contributed by atoms with van der Waals surface area (Å²) in [4.78, 5) is 11.8. The predicted octanol–water partition coefficient (Wildman–Crippen LogP) is 1.98. The molecule has 4 nitrogen and oxygen atoms in total. The van der Waals surface area contributed by atoms with Gasteiger partial charge in [-0.3, -0.25) is 4.79 Å². The number of amides is 1. The van der Waals surface area contributed by atoms with Gasteiger partial charge in [-0.1, -0.05) is 13.8 Å². The molecule has 0 aliphatic rings. The molecule has 0 radical (unpaired) electrons. The number of rotatable bonds is 7. The van der Waals surface area contributed by atoms with E-state index in [1.165, 1.54) is 0 Å². The lowest BCUT2D eigenvalue weighted by Crippen LogP contribution is -2.36. The first-order valence-corrected chi connectivity index (χ1v) is 6.35. The third-order valence-electron chi connectivity index (χ3n) is 2.64. The number of hydrogen-bond acceptors (Lipinski definition) is 3. The summed E-state index contributed by atoms with van der Waals surface area (Å²) in [7, 11) is 0. The number of benzene rings is 1. The Labute approximate surface area is 108 Å². The molecule has 0 saturated carbocycles. The average Bonchev–Trinajstić information content (AvgIpc) is 2.42. The molecule has 1 rings (SSSR count). The van der Waals surface area contributed by atoms with Gasteiger partial charge in [0.2, 0.25) is 0 Å². The van der Waals surface area contributed by atoms with E-state index in [2.05, 4.69) is 5.32 Å². The van der Waals surface area contributed by atoms with Crippen molar-refractivity contribution in [3.05, 3.63) is 29.8 Å². The van der Waals surface area contributed by atoms with Crippen LogP contribution in [0.5, 0.6) is 5.75 Å². The van der Waals surface area contributed by atoms with Gasteiger partial charge in [0.15, 0.2) is 0 Å². The second-order valence-corrected chi connectivity index (χ2v) is 4.13. The monoisotopic (exact) mass is 251 g/mol. The Balaban J connectivity index is 2.58. The number of hydrogen-bond donors (Lipinski definition) is 2. The van der Waals surface area contributed by atoms with E-state index in [0.717, 1.165) is 12.2 Å². The number of carbonyl (C=O) groups excluding carboxylic acids is 1. The van der Waals surface area contributed by atoms with Crippen LogP contribution in [0.4, 0.5) is 0 Å². The third kappa shape index (κ3) is 4.37.